The van der Waals surface area contributed by atoms with Crippen LogP contribution in [0.25, 0.3) is 0 Å². The highest BCUT2D eigenvalue weighted by Crippen LogP contribution is 2.34. The Kier molecular flexibility index (Phi) is 6.41. The van der Waals surface area contributed by atoms with Gasteiger partial charge in [-0.05, 0) is 43.3 Å². The molecule has 3 rings (SSSR count). The van der Waals surface area contributed by atoms with Gasteiger partial charge in [-0.1, -0.05) is 29.3 Å². The van der Waals surface area contributed by atoms with Crippen LogP contribution in [0.1, 0.15) is 23.3 Å². The molecule has 1 heterocycles. The molecule has 0 fully saturated rings. The van der Waals surface area contributed by atoms with Gasteiger partial charge in [0.1, 0.15) is 6.04 Å². The maximum Gasteiger partial charge on any atom is 0.255 e. The fraction of sp³-hybridized carbons (Fsp3) is 0.150. The number of anilines is 2. The Morgan fingerprint density at radius 3 is 2.31 bits per heavy atom. The summed E-state index contributed by atoms with van der Waals surface area (Å²) in [6.45, 7) is 1.74. The number of nitrogens with zero attached hydrogens (tertiary/aromatic N) is 2. The van der Waals surface area contributed by atoms with E-state index in [1.807, 2.05) is 0 Å². The van der Waals surface area contributed by atoms with Crippen molar-refractivity contribution in [2.45, 2.75) is 13.0 Å². The number of halogens is 2. The molecule has 9 heteroatoms. The summed E-state index contributed by atoms with van der Waals surface area (Å²) < 4.78 is 6.64. The Bertz CT molecular complexity index is 1010. The average Bonchev–Trinajstić information content (AvgIpc) is 3.22. The van der Waals surface area contributed by atoms with Crippen molar-refractivity contribution in [3.8, 4) is 5.75 Å². The normalized spacial score (nSPS) is 11.6. The van der Waals surface area contributed by atoms with E-state index in [0.717, 1.165) is 0 Å². The van der Waals surface area contributed by atoms with Crippen molar-refractivity contribution in [2.24, 2.45) is 0 Å². The molecular weight excluding hydrogens is 415 g/mol. The zero-order chi connectivity index (χ0) is 21.0. The van der Waals surface area contributed by atoms with Crippen LogP contribution in [0.2, 0.25) is 10.0 Å². The predicted octanol–water partition coefficient (Wildman–Crippen LogP) is 4.65. The molecule has 1 atom stereocenters. The molecule has 150 valence electrons. The van der Waals surface area contributed by atoms with Crippen LogP contribution in [0, 0.1) is 0 Å². The quantitative estimate of drug-likeness (QED) is 0.593. The second-order valence-corrected chi connectivity index (χ2v) is 6.97. The maximum absolute atomic E-state index is 12.5. The van der Waals surface area contributed by atoms with Crippen LogP contribution in [-0.4, -0.2) is 28.7 Å². The molecule has 1 aromatic heterocycles. The van der Waals surface area contributed by atoms with Crippen molar-refractivity contribution in [3.05, 3.63) is 70.5 Å². The van der Waals surface area contributed by atoms with Crippen LogP contribution in [0.3, 0.4) is 0 Å². The van der Waals surface area contributed by atoms with E-state index < -0.39 is 11.9 Å². The van der Waals surface area contributed by atoms with Crippen molar-refractivity contribution in [3.63, 3.8) is 0 Å². The van der Waals surface area contributed by atoms with E-state index in [1.54, 1.807) is 54.3 Å². The van der Waals surface area contributed by atoms with Gasteiger partial charge in [-0.15, -0.1) is 0 Å². The third-order valence-electron chi connectivity index (χ3n) is 4.15. The zero-order valence-electron chi connectivity index (χ0n) is 15.6. The minimum absolute atomic E-state index is 0.231. The van der Waals surface area contributed by atoms with Crippen molar-refractivity contribution < 1.29 is 14.3 Å². The van der Waals surface area contributed by atoms with Gasteiger partial charge in [-0.25, -0.2) is 0 Å². The van der Waals surface area contributed by atoms with Gasteiger partial charge in [0.25, 0.3) is 5.91 Å². The number of methoxy groups -OCH3 is 1. The van der Waals surface area contributed by atoms with E-state index in [1.165, 1.54) is 19.2 Å². The molecule has 1 unspecified atom stereocenters. The summed E-state index contributed by atoms with van der Waals surface area (Å²) in [5, 5.41) is 10.1. The second-order valence-electron chi connectivity index (χ2n) is 6.16. The van der Waals surface area contributed by atoms with Crippen molar-refractivity contribution in [1.29, 1.82) is 0 Å². The van der Waals surface area contributed by atoms with E-state index in [9.17, 15) is 9.59 Å². The number of ether oxygens (including phenoxy) is 1. The first-order valence-corrected chi connectivity index (χ1v) is 9.39. The minimum atomic E-state index is -0.480. The van der Waals surface area contributed by atoms with Gasteiger partial charge >= 0.3 is 0 Å². The third kappa shape index (κ3) is 4.88. The third-order valence-corrected chi connectivity index (χ3v) is 4.72. The SMILES string of the molecule is COc1c(Cl)cc(C(=O)Nc2cccc(NC(=O)C(C)n3cccn3)c2)cc1Cl. The Morgan fingerprint density at radius 1 is 1.07 bits per heavy atom. The van der Waals surface area contributed by atoms with Gasteiger partial charge in [0.15, 0.2) is 5.75 Å². The first-order chi connectivity index (χ1) is 13.9. The van der Waals surface area contributed by atoms with Gasteiger partial charge in [0.05, 0.1) is 17.2 Å². The van der Waals surface area contributed by atoms with Gasteiger partial charge in [0, 0.05) is 29.3 Å². The monoisotopic (exact) mass is 432 g/mol. The molecule has 0 saturated heterocycles. The molecule has 0 aliphatic rings. The number of benzene rings is 2. The summed E-state index contributed by atoms with van der Waals surface area (Å²) in [5.41, 5.74) is 1.32. The molecule has 2 N–H and O–H groups in total. The van der Waals surface area contributed by atoms with E-state index in [-0.39, 0.29) is 21.5 Å². The average molecular weight is 433 g/mol. The number of hydrogen-bond donors (Lipinski definition) is 2. The van der Waals surface area contributed by atoms with E-state index in [4.69, 9.17) is 27.9 Å². The molecule has 2 amide bonds. The predicted molar refractivity (Wildman–Crippen MR) is 113 cm³/mol. The first kappa shape index (κ1) is 20.7. The lowest BCUT2D eigenvalue weighted by Gasteiger charge is -2.14. The fourth-order valence-electron chi connectivity index (χ4n) is 2.64. The van der Waals surface area contributed by atoms with E-state index in [2.05, 4.69) is 15.7 Å². The summed E-state index contributed by atoms with van der Waals surface area (Å²) in [6, 6.07) is 11.0. The Labute approximate surface area is 177 Å². The first-order valence-electron chi connectivity index (χ1n) is 8.63. The molecule has 0 aliphatic heterocycles. The largest absolute Gasteiger partial charge is 0.494 e. The number of aromatic nitrogens is 2. The van der Waals surface area contributed by atoms with Crippen LogP contribution in [-0.2, 0) is 4.79 Å². The minimum Gasteiger partial charge on any atom is -0.494 e. The molecule has 0 radical (unpaired) electrons. The Morgan fingerprint density at radius 2 is 1.72 bits per heavy atom. The van der Waals surface area contributed by atoms with Crippen LogP contribution in [0.5, 0.6) is 5.75 Å². The highest BCUT2D eigenvalue weighted by atomic mass is 35.5. The molecule has 3 aromatic rings. The van der Waals surface area contributed by atoms with Gasteiger partial charge in [-0.3, -0.25) is 14.3 Å². The number of amides is 2. The van der Waals surface area contributed by atoms with Gasteiger partial charge < -0.3 is 15.4 Å². The highest BCUT2D eigenvalue weighted by Gasteiger charge is 2.16. The second kappa shape index (κ2) is 8.98. The van der Waals surface area contributed by atoms with Gasteiger partial charge in [-0.2, -0.15) is 5.10 Å². The van der Waals surface area contributed by atoms with E-state index >= 15 is 0 Å². The fourth-order valence-corrected chi connectivity index (χ4v) is 3.28. The molecule has 0 spiro atoms. The standard InChI is InChI=1S/C20H18Cl2N4O3/c1-12(26-8-4-7-23-26)19(27)24-14-5-3-6-15(11-14)25-20(28)13-9-16(21)18(29-2)17(22)10-13/h3-12H,1-2H3,(H,24,27)(H,25,28). The van der Waals surface area contributed by atoms with Crippen molar-refractivity contribution in [2.75, 3.05) is 17.7 Å². The molecule has 29 heavy (non-hydrogen) atoms. The lowest BCUT2D eigenvalue weighted by molar-refractivity contribution is -0.119. The highest BCUT2D eigenvalue weighted by molar-refractivity contribution is 6.37. The van der Waals surface area contributed by atoms with Crippen LogP contribution >= 0.6 is 23.2 Å². The van der Waals surface area contributed by atoms with Crippen molar-refractivity contribution >= 4 is 46.4 Å². The van der Waals surface area contributed by atoms with Crippen LogP contribution in [0.4, 0.5) is 11.4 Å². The lowest BCUT2D eigenvalue weighted by Crippen LogP contribution is -2.24. The number of hydrogen-bond acceptors (Lipinski definition) is 4. The lowest BCUT2D eigenvalue weighted by atomic mass is 10.2. The molecule has 0 saturated carbocycles. The molecule has 2 aromatic carbocycles. The van der Waals surface area contributed by atoms with Gasteiger partial charge in [0.2, 0.25) is 5.91 Å². The number of rotatable bonds is 6. The maximum atomic E-state index is 12.5. The van der Waals surface area contributed by atoms with E-state index in [0.29, 0.717) is 17.1 Å². The van der Waals surface area contributed by atoms with Crippen LogP contribution < -0.4 is 15.4 Å². The Hall–Kier alpha value is -3.03. The summed E-state index contributed by atoms with van der Waals surface area (Å²) in [4.78, 5) is 24.9. The Balaban J connectivity index is 1.71. The van der Waals surface area contributed by atoms with Crippen LogP contribution in [0.15, 0.2) is 54.9 Å². The number of carbonyl (C=O) groups excluding carboxylic acids is 2. The smallest absolute Gasteiger partial charge is 0.255 e. The summed E-state index contributed by atoms with van der Waals surface area (Å²) in [5.74, 6) is -0.323. The number of nitrogens with one attached hydrogen (secondary N) is 2. The molecule has 0 aliphatic carbocycles. The van der Waals surface area contributed by atoms with Crippen molar-refractivity contribution in [1.82, 2.24) is 9.78 Å². The molecule has 0 bridgehead atoms. The summed E-state index contributed by atoms with van der Waals surface area (Å²) in [7, 11) is 1.44. The topological polar surface area (TPSA) is 85.3 Å². The molecular formula is C20H18Cl2N4O3. The zero-order valence-corrected chi connectivity index (χ0v) is 17.2. The summed E-state index contributed by atoms with van der Waals surface area (Å²) in [6.07, 6.45) is 3.32. The number of carbonyl (C=O) groups is 2. The summed E-state index contributed by atoms with van der Waals surface area (Å²) >= 11 is 12.2. The molecule has 7 nitrogen and oxygen atoms in total.